The Balaban J connectivity index is 1.86. The van der Waals surface area contributed by atoms with Gasteiger partial charge in [-0.05, 0) is 24.2 Å². The van der Waals surface area contributed by atoms with Crippen molar-refractivity contribution in [3.05, 3.63) is 0 Å². The van der Waals surface area contributed by atoms with Crippen LogP contribution in [0.3, 0.4) is 0 Å². The second-order valence-corrected chi connectivity index (χ2v) is 6.89. The lowest BCUT2D eigenvalue weighted by Crippen LogP contribution is -2.49. The molecule has 0 atom stereocenters. The monoisotopic (exact) mass is 270 g/mol. The molecule has 19 heavy (non-hydrogen) atoms. The van der Waals surface area contributed by atoms with Gasteiger partial charge in [-0.15, -0.1) is 0 Å². The number of rotatable bonds is 1. The molecule has 110 valence electrons. The second-order valence-electron chi connectivity index (χ2n) is 6.89. The van der Waals surface area contributed by atoms with Crippen molar-refractivity contribution < 1.29 is 19.0 Å². The molecule has 1 heterocycles. The first-order valence-corrected chi connectivity index (χ1v) is 7.22. The maximum Gasteiger partial charge on any atom is 0.313 e. The highest BCUT2D eigenvalue weighted by Crippen LogP contribution is 2.44. The van der Waals surface area contributed by atoms with Gasteiger partial charge in [-0.3, -0.25) is 4.79 Å². The van der Waals surface area contributed by atoms with Crippen molar-refractivity contribution in [3.63, 3.8) is 0 Å². The summed E-state index contributed by atoms with van der Waals surface area (Å²) in [4.78, 5) is 11.4. The number of hydrogen-bond acceptors (Lipinski definition) is 4. The van der Waals surface area contributed by atoms with Crippen molar-refractivity contribution in [2.24, 2.45) is 17.3 Å². The Morgan fingerprint density at radius 1 is 1.16 bits per heavy atom. The van der Waals surface area contributed by atoms with Crippen LogP contribution < -0.4 is 0 Å². The average molecular weight is 270 g/mol. The van der Waals surface area contributed by atoms with Crippen LogP contribution in [0.1, 0.15) is 46.5 Å². The topological polar surface area (TPSA) is 44.8 Å². The van der Waals surface area contributed by atoms with Gasteiger partial charge in [0.2, 0.25) is 0 Å². The first kappa shape index (κ1) is 14.8. The zero-order chi connectivity index (χ0) is 14.1. The van der Waals surface area contributed by atoms with Gasteiger partial charge in [0.15, 0.2) is 5.79 Å². The molecule has 4 heteroatoms. The van der Waals surface area contributed by atoms with Crippen LogP contribution in [-0.4, -0.2) is 32.1 Å². The number of esters is 1. The molecule has 0 amide bonds. The van der Waals surface area contributed by atoms with E-state index in [1.54, 1.807) is 0 Å². The lowest BCUT2D eigenvalue weighted by atomic mass is 9.71. The van der Waals surface area contributed by atoms with Crippen LogP contribution in [0.2, 0.25) is 0 Å². The molecule has 1 aliphatic carbocycles. The largest absolute Gasteiger partial charge is 0.469 e. The van der Waals surface area contributed by atoms with Crippen LogP contribution in [0.25, 0.3) is 0 Å². The third-order valence-corrected chi connectivity index (χ3v) is 4.60. The summed E-state index contributed by atoms with van der Waals surface area (Å²) in [5.74, 6) is -0.218. The SMILES string of the molecule is COC(=O)C1COC2(CCC(C(C)(C)C)CC2)OC1. The fourth-order valence-electron chi connectivity index (χ4n) is 3.11. The summed E-state index contributed by atoms with van der Waals surface area (Å²) in [5.41, 5.74) is 0.352. The zero-order valence-corrected chi connectivity index (χ0v) is 12.5. The summed E-state index contributed by atoms with van der Waals surface area (Å²) in [7, 11) is 1.40. The molecule has 0 aromatic heterocycles. The standard InChI is InChI=1S/C15H26O4/c1-14(2,3)12-5-7-15(8-6-12)18-9-11(10-19-15)13(16)17-4/h11-12H,5-10H2,1-4H3. The minimum Gasteiger partial charge on any atom is -0.469 e. The molecular formula is C15H26O4. The van der Waals surface area contributed by atoms with E-state index in [4.69, 9.17) is 14.2 Å². The first-order chi connectivity index (χ1) is 8.86. The molecule has 1 spiro atoms. The van der Waals surface area contributed by atoms with Gasteiger partial charge in [-0.2, -0.15) is 0 Å². The van der Waals surface area contributed by atoms with Gasteiger partial charge in [0, 0.05) is 12.8 Å². The highest BCUT2D eigenvalue weighted by molar-refractivity contribution is 5.72. The Morgan fingerprint density at radius 3 is 2.11 bits per heavy atom. The van der Waals surface area contributed by atoms with Gasteiger partial charge < -0.3 is 14.2 Å². The molecular weight excluding hydrogens is 244 g/mol. The van der Waals surface area contributed by atoms with E-state index in [0.29, 0.717) is 18.6 Å². The van der Waals surface area contributed by atoms with Gasteiger partial charge in [-0.25, -0.2) is 0 Å². The molecule has 1 saturated heterocycles. The third-order valence-electron chi connectivity index (χ3n) is 4.60. The summed E-state index contributed by atoms with van der Waals surface area (Å²) >= 11 is 0. The molecule has 0 radical (unpaired) electrons. The van der Waals surface area contributed by atoms with E-state index in [1.807, 2.05) is 0 Å². The van der Waals surface area contributed by atoms with Gasteiger partial charge in [0.05, 0.1) is 20.3 Å². The van der Waals surface area contributed by atoms with Crippen LogP contribution in [0.4, 0.5) is 0 Å². The average Bonchev–Trinajstić information content (AvgIpc) is 2.38. The number of hydrogen-bond donors (Lipinski definition) is 0. The normalized spacial score (nSPS) is 36.2. The lowest BCUT2D eigenvalue weighted by Gasteiger charge is -2.46. The van der Waals surface area contributed by atoms with Crippen LogP contribution >= 0.6 is 0 Å². The van der Waals surface area contributed by atoms with Crippen molar-refractivity contribution in [1.29, 1.82) is 0 Å². The number of carbonyl (C=O) groups excluding carboxylic acids is 1. The van der Waals surface area contributed by atoms with Crippen LogP contribution in [0.15, 0.2) is 0 Å². The minimum absolute atomic E-state index is 0.238. The molecule has 0 unspecified atom stereocenters. The summed E-state index contributed by atoms with van der Waals surface area (Å²) in [6.07, 6.45) is 4.13. The van der Waals surface area contributed by atoms with E-state index >= 15 is 0 Å². The smallest absolute Gasteiger partial charge is 0.313 e. The van der Waals surface area contributed by atoms with Crippen molar-refractivity contribution in [2.45, 2.75) is 52.2 Å². The lowest BCUT2D eigenvalue weighted by molar-refractivity contribution is -0.298. The highest BCUT2D eigenvalue weighted by Gasteiger charge is 2.44. The zero-order valence-electron chi connectivity index (χ0n) is 12.5. The fraction of sp³-hybridized carbons (Fsp3) is 0.933. The molecule has 0 bridgehead atoms. The van der Waals surface area contributed by atoms with E-state index in [-0.39, 0.29) is 11.9 Å². The highest BCUT2D eigenvalue weighted by atomic mass is 16.7. The molecule has 2 fully saturated rings. The van der Waals surface area contributed by atoms with Gasteiger partial charge >= 0.3 is 5.97 Å². The van der Waals surface area contributed by atoms with Gasteiger partial charge in [0.1, 0.15) is 5.92 Å². The summed E-state index contributed by atoms with van der Waals surface area (Å²) < 4.78 is 16.5. The summed E-state index contributed by atoms with van der Waals surface area (Å²) in [6, 6.07) is 0. The number of methoxy groups -OCH3 is 1. The van der Waals surface area contributed by atoms with Crippen LogP contribution in [0.5, 0.6) is 0 Å². The minimum atomic E-state index is -0.438. The first-order valence-electron chi connectivity index (χ1n) is 7.22. The van der Waals surface area contributed by atoms with Crippen molar-refractivity contribution in [1.82, 2.24) is 0 Å². The van der Waals surface area contributed by atoms with Crippen molar-refractivity contribution in [3.8, 4) is 0 Å². The van der Waals surface area contributed by atoms with Crippen LogP contribution in [0, 0.1) is 17.3 Å². The summed E-state index contributed by atoms with van der Waals surface area (Å²) in [6.45, 7) is 7.74. The predicted molar refractivity (Wildman–Crippen MR) is 71.6 cm³/mol. The van der Waals surface area contributed by atoms with E-state index in [0.717, 1.165) is 31.6 Å². The van der Waals surface area contributed by atoms with E-state index in [1.165, 1.54) is 7.11 Å². The van der Waals surface area contributed by atoms with Crippen LogP contribution in [-0.2, 0) is 19.0 Å². The molecule has 0 N–H and O–H groups in total. The molecule has 1 saturated carbocycles. The number of carbonyl (C=O) groups is 1. The molecule has 1 aliphatic heterocycles. The molecule has 2 rings (SSSR count). The van der Waals surface area contributed by atoms with Crippen molar-refractivity contribution in [2.75, 3.05) is 20.3 Å². The van der Waals surface area contributed by atoms with Gasteiger partial charge in [-0.1, -0.05) is 20.8 Å². The maximum atomic E-state index is 11.4. The predicted octanol–water partition coefficient (Wildman–Crippen LogP) is 2.76. The third kappa shape index (κ3) is 3.29. The van der Waals surface area contributed by atoms with Gasteiger partial charge in [0.25, 0.3) is 0 Å². The van der Waals surface area contributed by atoms with Crippen molar-refractivity contribution >= 4 is 5.97 Å². The van der Waals surface area contributed by atoms with E-state index < -0.39 is 5.79 Å². The van der Waals surface area contributed by atoms with E-state index in [2.05, 4.69) is 20.8 Å². The Labute approximate surface area is 115 Å². The Kier molecular flexibility index (Phi) is 4.21. The number of ether oxygens (including phenoxy) is 3. The maximum absolute atomic E-state index is 11.4. The molecule has 0 aromatic rings. The van der Waals surface area contributed by atoms with E-state index in [9.17, 15) is 4.79 Å². The molecule has 2 aliphatic rings. The Morgan fingerprint density at radius 2 is 1.68 bits per heavy atom. The Hall–Kier alpha value is -0.610. The Bertz CT molecular complexity index is 314. The summed E-state index contributed by atoms with van der Waals surface area (Å²) in [5, 5.41) is 0. The fourth-order valence-corrected chi connectivity index (χ4v) is 3.11. The molecule has 4 nitrogen and oxygen atoms in total. The second kappa shape index (κ2) is 5.41. The quantitative estimate of drug-likeness (QED) is 0.687. The molecule has 0 aromatic carbocycles.